The van der Waals surface area contributed by atoms with E-state index in [0.29, 0.717) is 25.3 Å². The van der Waals surface area contributed by atoms with Crippen LogP contribution in [0.15, 0.2) is 46.0 Å². The summed E-state index contributed by atoms with van der Waals surface area (Å²) in [6.07, 6.45) is 0. The fraction of sp³-hybridized carbons (Fsp3) is 0.0625. The highest BCUT2D eigenvalue weighted by molar-refractivity contribution is 7.99. The summed E-state index contributed by atoms with van der Waals surface area (Å²) in [5.74, 6) is 0.542. The molecule has 0 aliphatic carbocycles. The van der Waals surface area contributed by atoms with Crippen molar-refractivity contribution in [3.63, 3.8) is 0 Å². The first-order valence-corrected chi connectivity index (χ1v) is 10.4. The van der Waals surface area contributed by atoms with Crippen LogP contribution < -0.4 is 0 Å². The van der Waals surface area contributed by atoms with Crippen LogP contribution in [-0.4, -0.2) is 21.7 Å². The minimum absolute atomic E-state index is 0.0263. The molecule has 0 spiro atoms. The van der Waals surface area contributed by atoms with Gasteiger partial charge in [0, 0.05) is 10.1 Å². The van der Waals surface area contributed by atoms with Crippen molar-refractivity contribution in [3.8, 4) is 10.8 Å². The molecule has 0 atom stereocenters. The van der Waals surface area contributed by atoms with Crippen LogP contribution in [0.25, 0.3) is 20.9 Å². The van der Waals surface area contributed by atoms with Crippen LogP contribution in [0.4, 0.5) is 0 Å². The molecule has 0 radical (unpaired) electrons. The lowest BCUT2D eigenvalue weighted by Gasteiger charge is -1.94. The van der Waals surface area contributed by atoms with Gasteiger partial charge in [-0.25, -0.2) is 0 Å². The summed E-state index contributed by atoms with van der Waals surface area (Å²) in [5, 5.41) is 9.94. The van der Waals surface area contributed by atoms with Crippen molar-refractivity contribution in [1.29, 1.82) is 0 Å². The number of ketones is 1. The molecule has 4 aromatic rings. The van der Waals surface area contributed by atoms with E-state index in [9.17, 15) is 4.79 Å². The van der Waals surface area contributed by atoms with Gasteiger partial charge in [0.05, 0.1) is 20.0 Å². The first-order valence-electron chi connectivity index (χ1n) is 7.04. The maximum absolute atomic E-state index is 12.1. The Kier molecular flexibility index (Phi) is 4.84. The SMILES string of the molecule is O=C(CSc1nnc(-c2sc3ccccc3c2Cl)o1)c1ccc(Cl)s1. The van der Waals surface area contributed by atoms with E-state index >= 15 is 0 Å². The fourth-order valence-electron chi connectivity index (χ4n) is 2.17. The summed E-state index contributed by atoms with van der Waals surface area (Å²) in [6.45, 7) is 0. The van der Waals surface area contributed by atoms with Crippen LogP contribution in [0, 0.1) is 0 Å². The second kappa shape index (κ2) is 7.09. The van der Waals surface area contributed by atoms with E-state index in [1.54, 1.807) is 12.1 Å². The molecule has 0 amide bonds. The van der Waals surface area contributed by atoms with Gasteiger partial charge in [0.1, 0.15) is 4.88 Å². The van der Waals surface area contributed by atoms with E-state index < -0.39 is 0 Å². The van der Waals surface area contributed by atoms with Crippen LogP contribution in [0.2, 0.25) is 9.36 Å². The van der Waals surface area contributed by atoms with Gasteiger partial charge in [0.2, 0.25) is 0 Å². The molecule has 0 saturated heterocycles. The number of benzene rings is 1. The van der Waals surface area contributed by atoms with Crippen molar-refractivity contribution in [3.05, 3.63) is 50.6 Å². The van der Waals surface area contributed by atoms with Gasteiger partial charge in [-0.3, -0.25) is 4.79 Å². The summed E-state index contributed by atoms with van der Waals surface area (Å²) in [7, 11) is 0. The number of carbonyl (C=O) groups excluding carboxylic acids is 1. The Morgan fingerprint density at radius 2 is 1.96 bits per heavy atom. The minimum Gasteiger partial charge on any atom is -0.410 e. The summed E-state index contributed by atoms with van der Waals surface area (Å²) in [5.41, 5.74) is 0. The molecular weight excluding hydrogens is 419 g/mol. The van der Waals surface area contributed by atoms with Crippen LogP contribution in [0.1, 0.15) is 9.67 Å². The van der Waals surface area contributed by atoms with E-state index in [-0.39, 0.29) is 11.5 Å². The smallest absolute Gasteiger partial charge is 0.277 e. The second-order valence-corrected chi connectivity index (χ2v) is 9.00. The van der Waals surface area contributed by atoms with Crippen molar-refractivity contribution in [2.24, 2.45) is 0 Å². The largest absolute Gasteiger partial charge is 0.410 e. The van der Waals surface area contributed by atoms with Gasteiger partial charge in [-0.1, -0.05) is 53.2 Å². The van der Waals surface area contributed by atoms with Crippen LogP contribution in [-0.2, 0) is 0 Å². The number of Topliss-reactive ketones (excluding diaryl/α,β-unsaturated/α-hetero) is 1. The summed E-state index contributed by atoms with van der Waals surface area (Å²) < 4.78 is 7.31. The Bertz CT molecular complexity index is 1070. The number of fused-ring (bicyclic) bond motifs is 1. The molecule has 0 saturated carbocycles. The summed E-state index contributed by atoms with van der Waals surface area (Å²) in [4.78, 5) is 13.5. The molecule has 4 nitrogen and oxygen atoms in total. The van der Waals surface area contributed by atoms with Crippen molar-refractivity contribution < 1.29 is 9.21 Å². The molecule has 9 heteroatoms. The number of thiophene rings is 2. The Morgan fingerprint density at radius 3 is 2.72 bits per heavy atom. The highest BCUT2D eigenvalue weighted by Crippen LogP contribution is 2.41. The number of rotatable bonds is 5. The summed E-state index contributed by atoms with van der Waals surface area (Å²) >= 11 is 16.2. The Hall–Kier alpha value is -1.38. The average molecular weight is 427 g/mol. The number of hydrogen-bond acceptors (Lipinski definition) is 7. The highest BCUT2D eigenvalue weighted by Gasteiger charge is 2.18. The molecule has 3 aromatic heterocycles. The van der Waals surface area contributed by atoms with E-state index in [2.05, 4.69) is 10.2 Å². The van der Waals surface area contributed by atoms with E-state index in [0.717, 1.165) is 15.0 Å². The molecule has 4 rings (SSSR count). The third-order valence-corrected chi connectivity index (χ3v) is 7.06. The van der Waals surface area contributed by atoms with Gasteiger partial charge in [-0.05, 0) is 18.2 Å². The van der Waals surface area contributed by atoms with Gasteiger partial charge < -0.3 is 4.42 Å². The third-order valence-electron chi connectivity index (χ3n) is 3.31. The van der Waals surface area contributed by atoms with Crippen LogP contribution >= 0.6 is 57.6 Å². The standard InChI is InChI=1S/C16H8Cl2N2O2S3/c17-12-6-5-11(24-12)9(21)7-23-16-20-19-15(22-16)14-13(18)8-3-1-2-4-10(8)25-14/h1-6H,7H2. The third kappa shape index (κ3) is 3.47. The first kappa shape index (κ1) is 17.1. The Balaban J connectivity index is 1.52. The number of thioether (sulfide) groups is 1. The fourth-order valence-corrected chi connectivity index (χ4v) is 5.33. The average Bonchev–Trinajstić information content (AvgIpc) is 3.32. The maximum Gasteiger partial charge on any atom is 0.277 e. The molecule has 0 unspecified atom stereocenters. The van der Waals surface area contributed by atoms with Gasteiger partial charge in [-0.15, -0.1) is 32.9 Å². The van der Waals surface area contributed by atoms with Gasteiger partial charge in [-0.2, -0.15) is 0 Å². The van der Waals surface area contributed by atoms with Crippen molar-refractivity contribution in [2.75, 3.05) is 5.75 Å². The molecule has 0 bridgehead atoms. The molecule has 126 valence electrons. The van der Waals surface area contributed by atoms with Gasteiger partial charge in [0.25, 0.3) is 11.1 Å². The number of aromatic nitrogens is 2. The summed E-state index contributed by atoms with van der Waals surface area (Å²) in [6, 6.07) is 11.3. The van der Waals surface area contributed by atoms with E-state index in [4.69, 9.17) is 27.6 Å². The number of halogens is 2. The monoisotopic (exact) mass is 426 g/mol. The van der Waals surface area contributed by atoms with Crippen molar-refractivity contribution in [1.82, 2.24) is 10.2 Å². The van der Waals surface area contributed by atoms with Crippen molar-refractivity contribution >= 4 is 73.5 Å². The van der Waals surface area contributed by atoms with Gasteiger partial charge in [0.15, 0.2) is 5.78 Å². The minimum atomic E-state index is -0.0263. The highest BCUT2D eigenvalue weighted by atomic mass is 35.5. The molecule has 0 fully saturated rings. The van der Waals surface area contributed by atoms with Crippen LogP contribution in [0.5, 0.6) is 0 Å². The van der Waals surface area contributed by atoms with Gasteiger partial charge >= 0.3 is 0 Å². The molecule has 3 heterocycles. The zero-order chi connectivity index (χ0) is 17.4. The Morgan fingerprint density at radius 1 is 1.12 bits per heavy atom. The number of carbonyl (C=O) groups is 1. The molecule has 0 N–H and O–H groups in total. The molecular formula is C16H8Cl2N2O2S3. The molecule has 0 aliphatic heterocycles. The van der Waals surface area contributed by atoms with Crippen LogP contribution in [0.3, 0.4) is 0 Å². The molecule has 1 aromatic carbocycles. The predicted octanol–water partition coefficient (Wildman–Crippen LogP) is 6.29. The first-order chi connectivity index (χ1) is 12.1. The topological polar surface area (TPSA) is 56.0 Å². The zero-order valence-electron chi connectivity index (χ0n) is 12.4. The predicted molar refractivity (Wildman–Crippen MR) is 105 cm³/mol. The maximum atomic E-state index is 12.1. The quantitative estimate of drug-likeness (QED) is 0.277. The van der Waals surface area contributed by atoms with E-state index in [1.165, 1.54) is 34.4 Å². The molecule has 0 aliphatic rings. The Labute approximate surface area is 164 Å². The second-order valence-electron chi connectivity index (χ2n) is 4.93. The zero-order valence-corrected chi connectivity index (χ0v) is 16.3. The molecule has 25 heavy (non-hydrogen) atoms. The lowest BCUT2D eigenvalue weighted by Crippen LogP contribution is -1.98. The normalized spacial score (nSPS) is 11.3. The lowest BCUT2D eigenvalue weighted by atomic mass is 10.2. The van der Waals surface area contributed by atoms with Crippen molar-refractivity contribution in [2.45, 2.75) is 5.22 Å². The lowest BCUT2D eigenvalue weighted by molar-refractivity contribution is 0.102. The number of nitrogens with zero attached hydrogens (tertiary/aromatic N) is 2. The van der Waals surface area contributed by atoms with E-state index in [1.807, 2.05) is 24.3 Å². The number of hydrogen-bond donors (Lipinski definition) is 0.